The lowest BCUT2D eigenvalue weighted by molar-refractivity contribution is 0.730. The van der Waals surface area contributed by atoms with E-state index in [1.807, 2.05) is 7.05 Å². The monoisotopic (exact) mass is 239 g/mol. The van der Waals surface area contributed by atoms with Gasteiger partial charge in [0, 0.05) is 18.5 Å². The molecule has 16 heavy (non-hydrogen) atoms. The van der Waals surface area contributed by atoms with Gasteiger partial charge in [-0.1, -0.05) is 13.3 Å². The van der Waals surface area contributed by atoms with Gasteiger partial charge in [-0.05, 0) is 30.4 Å². The van der Waals surface area contributed by atoms with Crippen molar-refractivity contribution < 1.29 is 0 Å². The van der Waals surface area contributed by atoms with Gasteiger partial charge < -0.3 is 10.6 Å². The fourth-order valence-electron chi connectivity index (χ4n) is 1.35. The molecule has 0 aliphatic rings. The number of hydrogen-bond acceptors (Lipinski definition) is 2. The second kappa shape index (κ2) is 7.28. The molecule has 1 heterocycles. The Kier molecular flexibility index (Phi) is 5.93. The molecule has 0 aliphatic carbocycles. The van der Waals surface area contributed by atoms with Crippen LogP contribution in [-0.2, 0) is 6.54 Å². The zero-order valence-electron chi connectivity index (χ0n) is 10.3. The van der Waals surface area contributed by atoms with E-state index in [1.54, 1.807) is 11.3 Å². The van der Waals surface area contributed by atoms with Gasteiger partial charge in [0.15, 0.2) is 5.96 Å². The van der Waals surface area contributed by atoms with Crippen LogP contribution < -0.4 is 10.6 Å². The van der Waals surface area contributed by atoms with E-state index >= 15 is 0 Å². The summed E-state index contributed by atoms with van der Waals surface area (Å²) >= 11 is 1.79. The summed E-state index contributed by atoms with van der Waals surface area (Å²) in [4.78, 5) is 5.56. The zero-order chi connectivity index (χ0) is 11.8. The Balaban J connectivity index is 2.32. The summed E-state index contributed by atoms with van der Waals surface area (Å²) in [5.41, 5.74) is 1.35. The molecule has 0 aliphatic heterocycles. The molecule has 1 aromatic rings. The maximum absolute atomic E-state index is 4.19. The molecule has 1 rings (SSSR count). The van der Waals surface area contributed by atoms with Crippen molar-refractivity contribution in [2.75, 3.05) is 13.6 Å². The van der Waals surface area contributed by atoms with Crippen LogP contribution in [0.3, 0.4) is 0 Å². The second-order valence-electron chi connectivity index (χ2n) is 3.73. The first-order valence-electron chi connectivity index (χ1n) is 5.75. The van der Waals surface area contributed by atoms with E-state index in [0.717, 1.165) is 19.0 Å². The second-order valence-corrected chi connectivity index (χ2v) is 4.73. The van der Waals surface area contributed by atoms with Gasteiger partial charge in [-0.15, -0.1) is 11.3 Å². The number of hydrogen-bond donors (Lipinski definition) is 2. The minimum absolute atomic E-state index is 0.856. The predicted molar refractivity (Wildman–Crippen MR) is 72.2 cm³/mol. The fraction of sp³-hybridized carbons (Fsp3) is 0.583. The summed E-state index contributed by atoms with van der Waals surface area (Å²) in [6, 6.07) is 2.15. The van der Waals surface area contributed by atoms with Gasteiger partial charge in [-0.25, -0.2) is 0 Å². The third kappa shape index (κ3) is 4.23. The van der Waals surface area contributed by atoms with Gasteiger partial charge in [0.25, 0.3) is 0 Å². The van der Waals surface area contributed by atoms with Gasteiger partial charge in [-0.3, -0.25) is 4.99 Å². The summed E-state index contributed by atoms with van der Waals surface area (Å²) in [6.45, 7) is 6.17. The summed E-state index contributed by atoms with van der Waals surface area (Å²) < 4.78 is 0. The number of thiophene rings is 1. The summed E-state index contributed by atoms with van der Waals surface area (Å²) in [7, 11) is 1.81. The molecule has 90 valence electrons. The predicted octanol–water partition coefficient (Wildman–Crippen LogP) is 2.52. The maximum atomic E-state index is 4.19. The van der Waals surface area contributed by atoms with E-state index in [9.17, 15) is 0 Å². The van der Waals surface area contributed by atoms with Crippen LogP contribution in [0.4, 0.5) is 0 Å². The highest BCUT2D eigenvalue weighted by molar-refractivity contribution is 7.10. The average Bonchev–Trinajstić information content (AvgIpc) is 2.69. The van der Waals surface area contributed by atoms with Crippen molar-refractivity contribution in [3.63, 3.8) is 0 Å². The van der Waals surface area contributed by atoms with E-state index in [4.69, 9.17) is 0 Å². The fourth-order valence-corrected chi connectivity index (χ4v) is 2.20. The van der Waals surface area contributed by atoms with Gasteiger partial charge in [0.05, 0.1) is 6.54 Å². The highest BCUT2D eigenvalue weighted by Gasteiger charge is 2.01. The van der Waals surface area contributed by atoms with E-state index in [1.165, 1.54) is 23.3 Å². The van der Waals surface area contributed by atoms with E-state index in [2.05, 4.69) is 40.9 Å². The lowest BCUT2D eigenvalue weighted by atomic mass is 10.3. The van der Waals surface area contributed by atoms with Crippen LogP contribution in [0.1, 0.15) is 30.2 Å². The third-order valence-electron chi connectivity index (χ3n) is 2.43. The maximum Gasteiger partial charge on any atom is 0.191 e. The molecular weight excluding hydrogens is 218 g/mol. The average molecular weight is 239 g/mol. The lowest BCUT2D eigenvalue weighted by Gasteiger charge is -2.11. The molecule has 0 spiro atoms. The Labute approximate surface area is 102 Å². The van der Waals surface area contributed by atoms with Crippen molar-refractivity contribution in [2.45, 2.75) is 33.2 Å². The van der Waals surface area contributed by atoms with Crippen molar-refractivity contribution in [2.24, 2.45) is 4.99 Å². The van der Waals surface area contributed by atoms with Crippen LogP contribution >= 0.6 is 11.3 Å². The number of rotatable bonds is 5. The standard InChI is InChI=1S/C12H21N3S/c1-4-5-7-14-12(13-3)15-9-11-10(2)6-8-16-11/h6,8H,4-5,7,9H2,1-3H3,(H2,13,14,15). The van der Waals surface area contributed by atoms with E-state index < -0.39 is 0 Å². The van der Waals surface area contributed by atoms with Gasteiger partial charge in [0.2, 0.25) is 0 Å². The summed E-state index contributed by atoms with van der Waals surface area (Å²) in [5.74, 6) is 0.890. The Morgan fingerprint density at radius 1 is 1.44 bits per heavy atom. The molecule has 0 fully saturated rings. The van der Waals surface area contributed by atoms with Crippen LogP contribution in [0.15, 0.2) is 16.4 Å². The topological polar surface area (TPSA) is 36.4 Å². The third-order valence-corrected chi connectivity index (χ3v) is 3.45. The van der Waals surface area contributed by atoms with E-state index in [0.29, 0.717) is 0 Å². The quantitative estimate of drug-likeness (QED) is 0.470. The number of aryl methyl sites for hydroxylation is 1. The van der Waals surface area contributed by atoms with Gasteiger partial charge >= 0.3 is 0 Å². The van der Waals surface area contributed by atoms with Crippen molar-refractivity contribution in [3.8, 4) is 0 Å². The van der Waals surface area contributed by atoms with Gasteiger partial charge in [-0.2, -0.15) is 0 Å². The normalized spacial score (nSPS) is 11.6. The largest absolute Gasteiger partial charge is 0.356 e. The minimum Gasteiger partial charge on any atom is -0.356 e. The highest BCUT2D eigenvalue weighted by atomic mass is 32.1. The first-order chi connectivity index (χ1) is 7.77. The number of nitrogens with one attached hydrogen (secondary N) is 2. The molecule has 1 aromatic heterocycles. The molecule has 0 atom stereocenters. The molecule has 2 N–H and O–H groups in total. The molecule has 0 aromatic carbocycles. The molecule has 0 amide bonds. The molecule has 0 radical (unpaired) electrons. The first-order valence-corrected chi connectivity index (χ1v) is 6.63. The van der Waals surface area contributed by atoms with Crippen molar-refractivity contribution in [1.29, 1.82) is 0 Å². The number of aliphatic imine (C=N–C) groups is 1. The molecule has 3 nitrogen and oxygen atoms in total. The van der Waals surface area contributed by atoms with Crippen LogP contribution in [0.5, 0.6) is 0 Å². The number of guanidine groups is 1. The Bertz CT molecular complexity index is 331. The molecular formula is C12H21N3S. The Morgan fingerprint density at radius 3 is 2.81 bits per heavy atom. The summed E-state index contributed by atoms with van der Waals surface area (Å²) in [6.07, 6.45) is 2.38. The van der Waals surface area contributed by atoms with Crippen LogP contribution in [-0.4, -0.2) is 19.6 Å². The van der Waals surface area contributed by atoms with Crippen LogP contribution in [0, 0.1) is 6.92 Å². The molecule has 0 bridgehead atoms. The van der Waals surface area contributed by atoms with E-state index in [-0.39, 0.29) is 0 Å². The smallest absolute Gasteiger partial charge is 0.191 e. The SMILES string of the molecule is CCCCNC(=NC)NCc1sccc1C. The van der Waals surface area contributed by atoms with Gasteiger partial charge in [0.1, 0.15) is 0 Å². The Morgan fingerprint density at radius 2 is 2.25 bits per heavy atom. The van der Waals surface area contributed by atoms with Crippen LogP contribution in [0.25, 0.3) is 0 Å². The molecule has 4 heteroatoms. The minimum atomic E-state index is 0.856. The highest BCUT2D eigenvalue weighted by Crippen LogP contribution is 2.14. The Hall–Kier alpha value is -1.03. The van der Waals surface area contributed by atoms with Crippen molar-refractivity contribution in [3.05, 3.63) is 21.9 Å². The number of unbranched alkanes of at least 4 members (excludes halogenated alkanes) is 1. The first kappa shape index (κ1) is 13.0. The van der Waals surface area contributed by atoms with Crippen molar-refractivity contribution >= 4 is 17.3 Å². The van der Waals surface area contributed by atoms with Crippen molar-refractivity contribution in [1.82, 2.24) is 10.6 Å². The number of nitrogens with zero attached hydrogens (tertiary/aromatic N) is 1. The molecule has 0 unspecified atom stereocenters. The molecule has 0 saturated heterocycles. The summed E-state index contributed by atoms with van der Waals surface area (Å²) in [5, 5.41) is 8.74. The molecule has 0 saturated carbocycles. The zero-order valence-corrected chi connectivity index (χ0v) is 11.2. The van der Waals surface area contributed by atoms with Crippen LogP contribution in [0.2, 0.25) is 0 Å². The lowest BCUT2D eigenvalue weighted by Crippen LogP contribution is -2.37.